The Morgan fingerprint density at radius 3 is 2.52 bits per heavy atom. The molecule has 0 unspecified atom stereocenters. The van der Waals surface area contributed by atoms with Crippen molar-refractivity contribution in [1.29, 1.82) is 0 Å². The first kappa shape index (κ1) is 20.3. The molecule has 31 heavy (non-hydrogen) atoms. The lowest BCUT2D eigenvalue weighted by atomic mass is 10.0. The van der Waals surface area contributed by atoms with Crippen LogP contribution in [-0.4, -0.2) is 27.3 Å². The van der Waals surface area contributed by atoms with Crippen LogP contribution in [0.15, 0.2) is 71.3 Å². The average Bonchev–Trinajstić information content (AvgIpc) is 3.25. The molecule has 0 amide bonds. The Hall–Kier alpha value is -3.93. The largest absolute Gasteiger partial charge is 0.493 e. The van der Waals surface area contributed by atoms with Crippen LogP contribution in [0.25, 0.3) is 22.1 Å². The standard InChI is InChI=1S/C25H22O6/c1-27-23-9-7-17(12-24(23)28-2)21-15-31-22-10-8-19(13-20(21)22)30-14-16-5-4-6-18(11-16)25(26)29-3/h4-13,15H,14H2,1-3H3. The molecule has 158 valence electrons. The van der Waals surface area contributed by atoms with Crippen molar-refractivity contribution < 1.29 is 28.2 Å². The zero-order valence-electron chi connectivity index (χ0n) is 17.5. The molecule has 0 aliphatic carbocycles. The molecule has 0 aliphatic heterocycles. The van der Waals surface area contributed by atoms with E-state index in [1.54, 1.807) is 38.7 Å². The molecule has 3 aromatic carbocycles. The first-order valence-corrected chi connectivity index (χ1v) is 9.66. The van der Waals surface area contributed by atoms with Crippen LogP contribution in [0.3, 0.4) is 0 Å². The van der Waals surface area contributed by atoms with Gasteiger partial charge in [0.25, 0.3) is 0 Å². The molecule has 0 bridgehead atoms. The monoisotopic (exact) mass is 418 g/mol. The van der Waals surface area contributed by atoms with Crippen LogP contribution in [0.5, 0.6) is 17.2 Å². The van der Waals surface area contributed by atoms with E-state index in [-0.39, 0.29) is 5.97 Å². The molecule has 4 rings (SSSR count). The second-order valence-corrected chi connectivity index (χ2v) is 6.86. The predicted octanol–water partition coefficient (Wildman–Crippen LogP) is 5.48. The Bertz CT molecular complexity index is 1220. The summed E-state index contributed by atoms with van der Waals surface area (Å²) in [4.78, 5) is 11.7. The van der Waals surface area contributed by atoms with Crippen molar-refractivity contribution in [1.82, 2.24) is 0 Å². The van der Waals surface area contributed by atoms with Crippen LogP contribution in [-0.2, 0) is 11.3 Å². The van der Waals surface area contributed by atoms with E-state index in [0.717, 1.165) is 27.7 Å². The molecule has 6 nitrogen and oxygen atoms in total. The lowest BCUT2D eigenvalue weighted by Gasteiger charge is -2.10. The summed E-state index contributed by atoms with van der Waals surface area (Å²) in [5.74, 6) is 1.63. The van der Waals surface area contributed by atoms with Crippen molar-refractivity contribution in [3.8, 4) is 28.4 Å². The smallest absolute Gasteiger partial charge is 0.337 e. The third-order valence-corrected chi connectivity index (χ3v) is 4.99. The highest BCUT2D eigenvalue weighted by Crippen LogP contribution is 2.37. The topological polar surface area (TPSA) is 67.1 Å². The van der Waals surface area contributed by atoms with Gasteiger partial charge >= 0.3 is 5.97 Å². The maximum atomic E-state index is 11.7. The number of carbonyl (C=O) groups is 1. The van der Waals surface area contributed by atoms with Gasteiger partial charge in [-0.25, -0.2) is 4.79 Å². The van der Waals surface area contributed by atoms with Crippen molar-refractivity contribution >= 4 is 16.9 Å². The fourth-order valence-corrected chi connectivity index (χ4v) is 3.40. The number of hydrogen-bond donors (Lipinski definition) is 0. The summed E-state index contributed by atoms with van der Waals surface area (Å²) >= 11 is 0. The Morgan fingerprint density at radius 1 is 0.903 bits per heavy atom. The van der Waals surface area contributed by atoms with Crippen LogP contribution in [0.4, 0.5) is 0 Å². The molecule has 0 aliphatic rings. The summed E-state index contributed by atoms with van der Waals surface area (Å²) in [5, 5.41) is 0.924. The minimum Gasteiger partial charge on any atom is -0.493 e. The van der Waals surface area contributed by atoms with Gasteiger partial charge in [-0.2, -0.15) is 0 Å². The van der Waals surface area contributed by atoms with Gasteiger partial charge in [0.2, 0.25) is 0 Å². The number of hydrogen-bond acceptors (Lipinski definition) is 6. The zero-order valence-corrected chi connectivity index (χ0v) is 17.5. The number of rotatable bonds is 7. The van der Waals surface area contributed by atoms with Crippen molar-refractivity contribution in [2.24, 2.45) is 0 Å². The molecule has 0 atom stereocenters. The lowest BCUT2D eigenvalue weighted by Crippen LogP contribution is -2.03. The van der Waals surface area contributed by atoms with Crippen molar-refractivity contribution in [3.63, 3.8) is 0 Å². The van der Waals surface area contributed by atoms with E-state index in [9.17, 15) is 4.79 Å². The van der Waals surface area contributed by atoms with Crippen molar-refractivity contribution in [2.45, 2.75) is 6.61 Å². The highest BCUT2D eigenvalue weighted by atomic mass is 16.5. The van der Waals surface area contributed by atoms with Gasteiger partial charge in [-0.1, -0.05) is 18.2 Å². The zero-order chi connectivity index (χ0) is 21.8. The van der Waals surface area contributed by atoms with E-state index in [1.807, 2.05) is 42.5 Å². The molecule has 0 spiro atoms. The highest BCUT2D eigenvalue weighted by Gasteiger charge is 2.13. The number of methoxy groups -OCH3 is 3. The van der Waals surface area contributed by atoms with Gasteiger partial charge < -0.3 is 23.4 Å². The third-order valence-electron chi connectivity index (χ3n) is 4.99. The van der Waals surface area contributed by atoms with Gasteiger partial charge in [-0.3, -0.25) is 0 Å². The Morgan fingerprint density at radius 2 is 1.74 bits per heavy atom. The molecule has 6 heteroatoms. The maximum Gasteiger partial charge on any atom is 0.337 e. The predicted molar refractivity (Wildman–Crippen MR) is 117 cm³/mol. The molecular weight excluding hydrogens is 396 g/mol. The summed E-state index contributed by atoms with van der Waals surface area (Å²) in [6, 6.07) is 18.6. The van der Waals surface area contributed by atoms with Gasteiger partial charge in [0, 0.05) is 10.9 Å². The van der Waals surface area contributed by atoms with Crippen LogP contribution in [0, 0.1) is 0 Å². The van der Waals surface area contributed by atoms with Gasteiger partial charge in [0.05, 0.1) is 33.2 Å². The Balaban J connectivity index is 1.60. The average molecular weight is 418 g/mol. The fourth-order valence-electron chi connectivity index (χ4n) is 3.40. The molecule has 1 heterocycles. The number of esters is 1. The third kappa shape index (κ3) is 4.19. The van der Waals surface area contributed by atoms with E-state index < -0.39 is 0 Å². The second-order valence-electron chi connectivity index (χ2n) is 6.86. The van der Waals surface area contributed by atoms with Gasteiger partial charge in [-0.05, 0) is 53.6 Å². The molecule has 0 saturated carbocycles. The van der Waals surface area contributed by atoms with E-state index in [4.69, 9.17) is 23.4 Å². The minimum absolute atomic E-state index is 0.319. The normalized spacial score (nSPS) is 10.7. The lowest BCUT2D eigenvalue weighted by molar-refractivity contribution is 0.0600. The first-order valence-electron chi connectivity index (χ1n) is 9.66. The quantitative estimate of drug-likeness (QED) is 0.370. The van der Waals surface area contributed by atoms with Crippen LogP contribution >= 0.6 is 0 Å². The molecule has 0 fully saturated rings. The van der Waals surface area contributed by atoms with E-state index in [1.165, 1.54) is 7.11 Å². The first-order chi connectivity index (χ1) is 15.1. The molecule has 0 N–H and O–H groups in total. The second kappa shape index (κ2) is 8.83. The molecule has 4 aromatic rings. The van der Waals surface area contributed by atoms with Crippen molar-refractivity contribution in [3.05, 3.63) is 78.1 Å². The fraction of sp³-hybridized carbons (Fsp3) is 0.160. The van der Waals surface area contributed by atoms with E-state index in [2.05, 4.69) is 0 Å². The number of furan rings is 1. The number of fused-ring (bicyclic) bond motifs is 1. The number of benzene rings is 3. The van der Waals surface area contributed by atoms with E-state index >= 15 is 0 Å². The minimum atomic E-state index is -0.374. The summed E-state index contributed by atoms with van der Waals surface area (Å²) in [7, 11) is 4.58. The summed E-state index contributed by atoms with van der Waals surface area (Å²) < 4.78 is 27.2. The van der Waals surface area contributed by atoms with Gasteiger partial charge in [-0.15, -0.1) is 0 Å². The Kier molecular flexibility index (Phi) is 5.80. The van der Waals surface area contributed by atoms with Crippen molar-refractivity contribution in [2.75, 3.05) is 21.3 Å². The van der Waals surface area contributed by atoms with Gasteiger partial charge in [0.1, 0.15) is 17.9 Å². The van der Waals surface area contributed by atoms with Crippen LogP contribution < -0.4 is 14.2 Å². The number of ether oxygens (including phenoxy) is 4. The molecular formula is C25H22O6. The molecule has 0 saturated heterocycles. The summed E-state index contributed by atoms with van der Waals surface area (Å²) in [6.07, 6.45) is 1.72. The van der Waals surface area contributed by atoms with Gasteiger partial charge in [0.15, 0.2) is 11.5 Å². The Labute approximate surface area is 179 Å². The van der Waals surface area contributed by atoms with Crippen LogP contribution in [0.1, 0.15) is 15.9 Å². The maximum absolute atomic E-state index is 11.7. The number of carbonyl (C=O) groups excluding carboxylic acids is 1. The molecule has 1 aromatic heterocycles. The summed E-state index contributed by atoms with van der Waals surface area (Å²) in [6.45, 7) is 0.319. The summed E-state index contributed by atoms with van der Waals surface area (Å²) in [5.41, 5.74) is 3.98. The SMILES string of the molecule is COC(=O)c1cccc(COc2ccc3occ(-c4ccc(OC)c(OC)c4)c3c2)c1. The highest BCUT2D eigenvalue weighted by molar-refractivity contribution is 5.95. The molecule has 0 radical (unpaired) electrons. The van der Waals surface area contributed by atoms with Crippen LogP contribution in [0.2, 0.25) is 0 Å². The van der Waals surface area contributed by atoms with E-state index in [0.29, 0.717) is 29.4 Å².